The van der Waals surface area contributed by atoms with Crippen LogP contribution < -0.4 is 5.32 Å². The molecule has 1 aliphatic heterocycles. The Labute approximate surface area is 127 Å². The number of carbonyl (C=O) groups excluding carboxylic acids is 1. The number of aryl methyl sites for hydroxylation is 1. The molecule has 112 valence electrons. The second kappa shape index (κ2) is 6.36. The Balaban J connectivity index is 1.54. The normalized spacial score (nSPS) is 18.0. The Kier molecular flexibility index (Phi) is 4.31. The van der Waals surface area contributed by atoms with Crippen LogP contribution in [0.2, 0.25) is 0 Å². The van der Waals surface area contributed by atoms with Gasteiger partial charge in [0.1, 0.15) is 10.7 Å². The number of thiazole rings is 1. The number of hydrogen-bond acceptors (Lipinski definition) is 5. The highest BCUT2D eigenvalue weighted by Gasteiger charge is 2.16. The maximum atomic E-state index is 12.0. The van der Waals surface area contributed by atoms with E-state index >= 15 is 0 Å². The molecule has 6 nitrogen and oxygen atoms in total. The lowest BCUT2D eigenvalue weighted by atomic mass is 10.2. The van der Waals surface area contributed by atoms with Gasteiger partial charge in [0.25, 0.3) is 5.91 Å². The average Bonchev–Trinajstić information content (AvgIpc) is 3.19. The molecule has 0 aliphatic carbocycles. The molecular formula is C14H18N4O2S. The zero-order valence-corrected chi connectivity index (χ0v) is 12.7. The Morgan fingerprint density at radius 2 is 2.52 bits per heavy atom. The summed E-state index contributed by atoms with van der Waals surface area (Å²) in [6, 6.07) is 0. The van der Waals surface area contributed by atoms with Crippen LogP contribution in [0.4, 0.5) is 0 Å². The van der Waals surface area contributed by atoms with Gasteiger partial charge in [-0.15, -0.1) is 11.3 Å². The molecule has 0 saturated carbocycles. The second-order valence-electron chi connectivity index (χ2n) is 5.12. The van der Waals surface area contributed by atoms with Crippen molar-refractivity contribution in [2.45, 2.75) is 25.4 Å². The van der Waals surface area contributed by atoms with Gasteiger partial charge >= 0.3 is 0 Å². The molecule has 7 heteroatoms. The number of nitrogens with zero attached hydrogens (tertiary/aromatic N) is 3. The van der Waals surface area contributed by atoms with Crippen molar-refractivity contribution in [1.29, 1.82) is 0 Å². The quantitative estimate of drug-likeness (QED) is 0.915. The predicted molar refractivity (Wildman–Crippen MR) is 80.2 cm³/mol. The molecule has 0 radical (unpaired) electrons. The van der Waals surface area contributed by atoms with E-state index in [2.05, 4.69) is 15.4 Å². The van der Waals surface area contributed by atoms with Crippen molar-refractivity contribution in [3.8, 4) is 10.6 Å². The fraction of sp³-hybridized carbons (Fsp3) is 0.500. The monoisotopic (exact) mass is 306 g/mol. The van der Waals surface area contributed by atoms with Gasteiger partial charge in [0.2, 0.25) is 0 Å². The standard InChI is InChI=1S/C14H18N4O2S/c1-18-8-10(7-16-18)14-17-12(9-21-14)13(19)15-5-4-11-3-2-6-20-11/h7-9,11H,2-6H2,1H3,(H,15,19). The SMILES string of the molecule is Cn1cc(-c2nc(C(=O)NCCC3CCCO3)cs2)cn1. The summed E-state index contributed by atoms with van der Waals surface area (Å²) < 4.78 is 7.25. The second-order valence-corrected chi connectivity index (χ2v) is 5.98. The Bertz CT molecular complexity index is 616. The number of rotatable bonds is 5. The summed E-state index contributed by atoms with van der Waals surface area (Å²) in [6.07, 6.45) is 7.02. The highest BCUT2D eigenvalue weighted by molar-refractivity contribution is 7.13. The molecule has 0 aromatic carbocycles. The summed E-state index contributed by atoms with van der Waals surface area (Å²) in [6.45, 7) is 1.47. The Morgan fingerprint density at radius 3 is 3.24 bits per heavy atom. The molecule has 21 heavy (non-hydrogen) atoms. The van der Waals surface area contributed by atoms with E-state index in [4.69, 9.17) is 4.74 Å². The van der Waals surface area contributed by atoms with Crippen molar-refractivity contribution in [1.82, 2.24) is 20.1 Å². The summed E-state index contributed by atoms with van der Waals surface area (Å²) >= 11 is 1.45. The van der Waals surface area contributed by atoms with Crippen LogP contribution in [0.15, 0.2) is 17.8 Å². The number of amides is 1. The molecule has 2 aromatic rings. The summed E-state index contributed by atoms with van der Waals surface area (Å²) in [5, 5.41) is 9.60. The minimum absolute atomic E-state index is 0.126. The first-order valence-electron chi connectivity index (χ1n) is 7.07. The smallest absolute Gasteiger partial charge is 0.270 e. The summed E-state index contributed by atoms with van der Waals surface area (Å²) in [5.74, 6) is -0.126. The molecular weight excluding hydrogens is 288 g/mol. The van der Waals surface area contributed by atoms with E-state index in [1.54, 1.807) is 16.3 Å². The molecule has 0 bridgehead atoms. The molecule has 2 aromatic heterocycles. The fourth-order valence-corrected chi connectivity index (χ4v) is 3.13. The minimum Gasteiger partial charge on any atom is -0.378 e. The number of carbonyl (C=O) groups is 1. The third-order valence-corrected chi connectivity index (χ3v) is 4.36. The first kappa shape index (κ1) is 14.2. The average molecular weight is 306 g/mol. The first-order chi connectivity index (χ1) is 10.2. The van der Waals surface area contributed by atoms with Crippen LogP contribution >= 0.6 is 11.3 Å². The van der Waals surface area contributed by atoms with Gasteiger partial charge in [0, 0.05) is 37.3 Å². The number of hydrogen-bond donors (Lipinski definition) is 1. The fourth-order valence-electron chi connectivity index (χ4n) is 2.35. The third-order valence-electron chi connectivity index (χ3n) is 3.46. The molecule has 1 aliphatic rings. The molecule has 0 spiro atoms. The van der Waals surface area contributed by atoms with Crippen molar-refractivity contribution in [2.75, 3.05) is 13.2 Å². The first-order valence-corrected chi connectivity index (χ1v) is 7.94. The number of nitrogens with one attached hydrogen (secondary N) is 1. The maximum absolute atomic E-state index is 12.0. The molecule has 1 N–H and O–H groups in total. The lowest BCUT2D eigenvalue weighted by Crippen LogP contribution is -2.27. The van der Waals surface area contributed by atoms with Crippen molar-refractivity contribution < 1.29 is 9.53 Å². The summed E-state index contributed by atoms with van der Waals surface area (Å²) in [4.78, 5) is 16.4. The topological polar surface area (TPSA) is 69.0 Å². The van der Waals surface area contributed by atoms with Crippen molar-refractivity contribution in [3.05, 3.63) is 23.5 Å². The number of ether oxygens (including phenoxy) is 1. The summed E-state index contributed by atoms with van der Waals surface area (Å²) in [5.41, 5.74) is 1.40. The van der Waals surface area contributed by atoms with Gasteiger partial charge in [-0.1, -0.05) is 0 Å². The van der Waals surface area contributed by atoms with Crippen LogP contribution in [0.5, 0.6) is 0 Å². The van der Waals surface area contributed by atoms with Crippen LogP contribution in [0.1, 0.15) is 29.8 Å². The predicted octanol–water partition coefficient (Wildman–Crippen LogP) is 1.84. The van der Waals surface area contributed by atoms with Crippen LogP contribution in [0, 0.1) is 0 Å². The van der Waals surface area contributed by atoms with Gasteiger partial charge in [-0.25, -0.2) is 4.98 Å². The Morgan fingerprint density at radius 1 is 1.62 bits per heavy atom. The van der Waals surface area contributed by atoms with E-state index < -0.39 is 0 Å². The van der Waals surface area contributed by atoms with Crippen molar-refractivity contribution >= 4 is 17.2 Å². The third kappa shape index (κ3) is 3.48. The van der Waals surface area contributed by atoms with Crippen molar-refractivity contribution in [3.63, 3.8) is 0 Å². The highest BCUT2D eigenvalue weighted by atomic mass is 32.1. The molecule has 1 fully saturated rings. The van der Waals surface area contributed by atoms with Gasteiger partial charge < -0.3 is 10.1 Å². The van der Waals surface area contributed by atoms with Gasteiger partial charge in [-0.3, -0.25) is 9.48 Å². The maximum Gasteiger partial charge on any atom is 0.270 e. The van der Waals surface area contributed by atoms with Gasteiger partial charge in [0.15, 0.2) is 0 Å². The van der Waals surface area contributed by atoms with E-state index in [1.807, 2.05) is 13.2 Å². The van der Waals surface area contributed by atoms with Crippen molar-refractivity contribution in [2.24, 2.45) is 7.05 Å². The highest BCUT2D eigenvalue weighted by Crippen LogP contribution is 2.22. The van der Waals surface area contributed by atoms with E-state index in [0.29, 0.717) is 18.3 Å². The lowest BCUT2D eigenvalue weighted by Gasteiger charge is -2.09. The molecule has 3 rings (SSSR count). The summed E-state index contributed by atoms with van der Waals surface area (Å²) in [7, 11) is 1.86. The van der Waals surface area contributed by atoms with Gasteiger partial charge in [-0.2, -0.15) is 5.10 Å². The lowest BCUT2D eigenvalue weighted by molar-refractivity contribution is 0.0904. The van der Waals surface area contributed by atoms with Crippen LogP contribution in [0.25, 0.3) is 10.6 Å². The number of aromatic nitrogens is 3. The molecule has 1 atom stereocenters. The zero-order valence-electron chi connectivity index (χ0n) is 11.9. The van der Waals surface area contributed by atoms with Gasteiger partial charge in [-0.05, 0) is 19.3 Å². The molecule has 1 unspecified atom stereocenters. The zero-order chi connectivity index (χ0) is 14.7. The van der Waals surface area contributed by atoms with Crippen LogP contribution in [-0.4, -0.2) is 39.9 Å². The largest absolute Gasteiger partial charge is 0.378 e. The Hall–Kier alpha value is -1.73. The van der Waals surface area contributed by atoms with E-state index in [1.165, 1.54) is 11.3 Å². The molecule has 1 amide bonds. The van der Waals surface area contributed by atoms with Crippen LogP contribution in [0.3, 0.4) is 0 Å². The van der Waals surface area contributed by atoms with E-state index in [9.17, 15) is 4.79 Å². The van der Waals surface area contributed by atoms with Gasteiger partial charge in [0.05, 0.1) is 12.3 Å². The van der Waals surface area contributed by atoms with Crippen LogP contribution in [-0.2, 0) is 11.8 Å². The minimum atomic E-state index is -0.126. The molecule has 3 heterocycles. The van der Waals surface area contributed by atoms with E-state index in [-0.39, 0.29) is 5.91 Å². The molecule has 1 saturated heterocycles. The van der Waals surface area contributed by atoms with E-state index in [0.717, 1.165) is 36.4 Å².